The fourth-order valence-electron chi connectivity index (χ4n) is 4.29. The van der Waals surface area contributed by atoms with E-state index in [0.717, 1.165) is 62.6 Å². The number of nitrogens with one attached hydrogen (secondary N) is 1. The Morgan fingerprint density at radius 3 is 2.46 bits per heavy atom. The number of carbonyl (C=O) groups is 1. The highest BCUT2D eigenvalue weighted by molar-refractivity contribution is 5.81. The van der Waals surface area contributed by atoms with Crippen LogP contribution in [-0.4, -0.2) is 68.2 Å². The molecule has 1 unspecified atom stereocenters. The summed E-state index contributed by atoms with van der Waals surface area (Å²) in [6.07, 6.45) is 6.06. The number of methoxy groups -OCH3 is 2. The molecule has 0 bridgehead atoms. The fourth-order valence-corrected chi connectivity index (χ4v) is 4.29. The molecule has 1 N–H and O–H groups in total. The van der Waals surface area contributed by atoms with Crippen LogP contribution in [0, 0.1) is 0 Å². The van der Waals surface area contributed by atoms with Crippen molar-refractivity contribution in [1.82, 2.24) is 15.1 Å². The average Bonchev–Trinajstić information content (AvgIpc) is 2.74. The van der Waals surface area contributed by atoms with Crippen molar-refractivity contribution in [1.29, 1.82) is 0 Å². The van der Waals surface area contributed by atoms with Crippen molar-refractivity contribution < 1.29 is 14.3 Å². The Morgan fingerprint density at radius 1 is 1.11 bits per heavy atom. The minimum absolute atomic E-state index is 0.0598. The van der Waals surface area contributed by atoms with Crippen LogP contribution >= 0.6 is 0 Å². The number of amides is 1. The smallest absolute Gasteiger partial charge is 0.237 e. The topological polar surface area (TPSA) is 54.0 Å². The molecule has 1 aliphatic carbocycles. The number of piperazine rings is 1. The normalized spacial score (nSPS) is 20.5. The first kappa shape index (κ1) is 20.9. The lowest BCUT2D eigenvalue weighted by Gasteiger charge is -2.38. The largest absolute Gasteiger partial charge is 0.497 e. The molecule has 6 heteroatoms. The Hall–Kier alpha value is -1.79. The van der Waals surface area contributed by atoms with E-state index in [4.69, 9.17) is 9.47 Å². The SMILES string of the molecule is COc1ccc(OC)c(CN2CCN(C(C)C(=O)NC3CCCCC3)CC2)c1. The molecule has 1 aromatic rings. The summed E-state index contributed by atoms with van der Waals surface area (Å²) in [5.74, 6) is 1.93. The van der Waals surface area contributed by atoms with Gasteiger partial charge in [-0.15, -0.1) is 0 Å². The predicted octanol–water partition coefficient (Wildman–Crippen LogP) is 2.66. The number of ether oxygens (including phenoxy) is 2. The van der Waals surface area contributed by atoms with E-state index >= 15 is 0 Å². The minimum Gasteiger partial charge on any atom is -0.497 e. The first-order chi connectivity index (χ1) is 13.6. The number of hydrogen-bond donors (Lipinski definition) is 1. The number of benzene rings is 1. The Morgan fingerprint density at radius 2 is 1.82 bits per heavy atom. The van der Waals surface area contributed by atoms with Gasteiger partial charge in [-0.05, 0) is 38.0 Å². The summed E-state index contributed by atoms with van der Waals surface area (Å²) in [5, 5.41) is 3.27. The Kier molecular flexibility index (Phi) is 7.57. The standard InChI is InChI=1S/C22H35N3O3/c1-17(22(26)23-19-7-5-4-6-8-19)25-13-11-24(12-14-25)16-18-15-20(27-2)9-10-21(18)28-3/h9-10,15,17,19H,4-8,11-14,16H2,1-3H3,(H,23,26). The van der Waals surface area contributed by atoms with Crippen molar-refractivity contribution in [2.75, 3.05) is 40.4 Å². The van der Waals surface area contributed by atoms with E-state index in [1.165, 1.54) is 19.3 Å². The Balaban J connectivity index is 1.49. The van der Waals surface area contributed by atoms with Crippen LogP contribution < -0.4 is 14.8 Å². The second-order valence-electron chi connectivity index (χ2n) is 8.01. The molecule has 1 heterocycles. The zero-order chi connectivity index (χ0) is 19.9. The van der Waals surface area contributed by atoms with Crippen LogP contribution in [-0.2, 0) is 11.3 Å². The maximum absolute atomic E-state index is 12.6. The highest BCUT2D eigenvalue weighted by atomic mass is 16.5. The molecule has 3 rings (SSSR count). The van der Waals surface area contributed by atoms with Crippen LogP contribution in [0.2, 0.25) is 0 Å². The molecule has 1 saturated heterocycles. The van der Waals surface area contributed by atoms with Gasteiger partial charge >= 0.3 is 0 Å². The Labute approximate surface area is 169 Å². The average molecular weight is 390 g/mol. The summed E-state index contributed by atoms with van der Waals surface area (Å²) in [5.41, 5.74) is 1.14. The van der Waals surface area contributed by atoms with E-state index < -0.39 is 0 Å². The van der Waals surface area contributed by atoms with Crippen LogP contribution in [0.5, 0.6) is 11.5 Å². The van der Waals surface area contributed by atoms with Gasteiger partial charge in [-0.1, -0.05) is 19.3 Å². The van der Waals surface area contributed by atoms with E-state index in [0.29, 0.717) is 6.04 Å². The van der Waals surface area contributed by atoms with E-state index in [2.05, 4.69) is 15.1 Å². The molecule has 2 fully saturated rings. The summed E-state index contributed by atoms with van der Waals surface area (Å²) in [6, 6.07) is 6.25. The highest BCUT2D eigenvalue weighted by Gasteiger charge is 2.27. The third-order valence-electron chi connectivity index (χ3n) is 6.17. The van der Waals surface area contributed by atoms with Crippen molar-refractivity contribution >= 4 is 5.91 Å². The molecule has 156 valence electrons. The maximum atomic E-state index is 12.6. The van der Waals surface area contributed by atoms with Crippen molar-refractivity contribution in [2.24, 2.45) is 0 Å². The highest BCUT2D eigenvalue weighted by Crippen LogP contribution is 2.26. The molecule has 0 spiro atoms. The van der Waals surface area contributed by atoms with Crippen LogP contribution in [0.15, 0.2) is 18.2 Å². The van der Waals surface area contributed by atoms with Gasteiger partial charge in [0.15, 0.2) is 0 Å². The lowest BCUT2D eigenvalue weighted by Crippen LogP contribution is -2.54. The molecule has 28 heavy (non-hydrogen) atoms. The predicted molar refractivity (Wildman–Crippen MR) is 111 cm³/mol. The molecule has 0 aromatic heterocycles. The third kappa shape index (κ3) is 5.39. The van der Waals surface area contributed by atoms with Gasteiger partial charge < -0.3 is 14.8 Å². The van der Waals surface area contributed by atoms with E-state index in [1.807, 2.05) is 25.1 Å². The third-order valence-corrected chi connectivity index (χ3v) is 6.17. The van der Waals surface area contributed by atoms with E-state index in [9.17, 15) is 4.79 Å². The first-order valence-corrected chi connectivity index (χ1v) is 10.6. The summed E-state index contributed by atoms with van der Waals surface area (Å²) in [4.78, 5) is 17.4. The lowest BCUT2D eigenvalue weighted by atomic mass is 9.95. The quantitative estimate of drug-likeness (QED) is 0.777. The zero-order valence-electron chi connectivity index (χ0n) is 17.6. The van der Waals surface area contributed by atoms with Crippen molar-refractivity contribution in [3.8, 4) is 11.5 Å². The van der Waals surface area contributed by atoms with Crippen LogP contribution in [0.25, 0.3) is 0 Å². The molecule has 6 nitrogen and oxygen atoms in total. The van der Waals surface area contributed by atoms with E-state index in [1.54, 1.807) is 14.2 Å². The second kappa shape index (κ2) is 10.1. The lowest BCUT2D eigenvalue weighted by molar-refractivity contribution is -0.127. The van der Waals surface area contributed by atoms with E-state index in [-0.39, 0.29) is 11.9 Å². The number of nitrogens with zero attached hydrogens (tertiary/aromatic N) is 2. The summed E-state index contributed by atoms with van der Waals surface area (Å²) < 4.78 is 10.9. The minimum atomic E-state index is -0.0598. The molecule has 1 aliphatic heterocycles. The van der Waals surface area contributed by atoms with Gasteiger partial charge in [0.25, 0.3) is 0 Å². The molecular weight excluding hydrogens is 354 g/mol. The van der Waals surface area contributed by atoms with Gasteiger partial charge in [0.2, 0.25) is 5.91 Å². The molecular formula is C22H35N3O3. The number of carbonyl (C=O) groups excluding carboxylic acids is 1. The van der Waals surface area contributed by atoms with Crippen LogP contribution in [0.4, 0.5) is 0 Å². The molecule has 1 amide bonds. The molecule has 1 aromatic carbocycles. The van der Waals surface area contributed by atoms with Gasteiger partial charge in [-0.25, -0.2) is 0 Å². The molecule has 1 saturated carbocycles. The number of rotatable bonds is 7. The van der Waals surface area contributed by atoms with Crippen LogP contribution in [0.3, 0.4) is 0 Å². The zero-order valence-corrected chi connectivity index (χ0v) is 17.6. The monoisotopic (exact) mass is 389 g/mol. The summed E-state index contributed by atoms with van der Waals surface area (Å²) in [7, 11) is 3.39. The van der Waals surface area contributed by atoms with Crippen LogP contribution in [0.1, 0.15) is 44.6 Å². The van der Waals surface area contributed by atoms with Gasteiger partial charge in [-0.3, -0.25) is 14.6 Å². The molecule has 0 radical (unpaired) electrons. The Bertz CT molecular complexity index is 638. The van der Waals surface area contributed by atoms with Gasteiger partial charge in [0.05, 0.1) is 20.3 Å². The molecule has 1 atom stereocenters. The first-order valence-electron chi connectivity index (χ1n) is 10.6. The molecule has 2 aliphatic rings. The maximum Gasteiger partial charge on any atom is 0.237 e. The number of hydrogen-bond acceptors (Lipinski definition) is 5. The van der Waals surface area contributed by atoms with Crippen molar-refractivity contribution in [3.05, 3.63) is 23.8 Å². The van der Waals surface area contributed by atoms with Gasteiger partial charge in [-0.2, -0.15) is 0 Å². The summed E-state index contributed by atoms with van der Waals surface area (Å²) >= 11 is 0. The van der Waals surface area contributed by atoms with Gasteiger partial charge in [0.1, 0.15) is 11.5 Å². The summed E-state index contributed by atoms with van der Waals surface area (Å²) in [6.45, 7) is 6.58. The second-order valence-corrected chi connectivity index (χ2v) is 8.01. The van der Waals surface area contributed by atoms with Crippen molar-refractivity contribution in [2.45, 2.75) is 57.7 Å². The van der Waals surface area contributed by atoms with Gasteiger partial charge in [0, 0.05) is 44.3 Å². The fraction of sp³-hybridized carbons (Fsp3) is 0.682. The van der Waals surface area contributed by atoms with Crippen molar-refractivity contribution in [3.63, 3.8) is 0 Å².